The van der Waals surface area contributed by atoms with Gasteiger partial charge in [0.2, 0.25) is 0 Å². The lowest BCUT2D eigenvalue weighted by Crippen LogP contribution is -2.22. The molecule has 2 saturated heterocycles. The van der Waals surface area contributed by atoms with Crippen molar-refractivity contribution in [3.8, 4) is 0 Å². The zero-order valence-electron chi connectivity index (χ0n) is 8.76. The number of rotatable bonds is 9. The summed E-state index contributed by atoms with van der Waals surface area (Å²) in [5.74, 6) is 0.0579. The Balaban J connectivity index is 1.45. The average Bonchev–Trinajstić information content (AvgIpc) is 3.09. The highest BCUT2D eigenvalue weighted by molar-refractivity contribution is 4.69. The Labute approximate surface area is 89.3 Å². The Bertz CT molecular complexity index is 161. The molecule has 2 aliphatic rings. The van der Waals surface area contributed by atoms with Crippen LogP contribution in [0.5, 0.6) is 0 Å². The zero-order valence-corrected chi connectivity index (χ0v) is 8.76. The minimum absolute atomic E-state index is 0.0579. The molecule has 0 aromatic heterocycles. The van der Waals surface area contributed by atoms with Gasteiger partial charge >= 0.3 is 0 Å². The van der Waals surface area contributed by atoms with E-state index in [4.69, 9.17) is 24.1 Å². The lowest BCUT2D eigenvalue weighted by Gasteiger charge is -2.13. The van der Waals surface area contributed by atoms with Crippen LogP contribution in [0.1, 0.15) is 0 Å². The highest BCUT2D eigenvalue weighted by atomic mass is 16.6. The van der Waals surface area contributed by atoms with E-state index in [9.17, 15) is 0 Å². The summed E-state index contributed by atoms with van der Waals surface area (Å²) in [7, 11) is 0. The molecule has 88 valence electrons. The largest absolute Gasteiger partial charge is 0.396 e. The molecule has 15 heavy (non-hydrogen) atoms. The number of hydrogen-bond donors (Lipinski definition) is 1. The van der Waals surface area contributed by atoms with E-state index >= 15 is 0 Å². The van der Waals surface area contributed by atoms with Crippen molar-refractivity contribution in [1.82, 2.24) is 0 Å². The normalized spacial score (nSPS) is 30.2. The first-order valence-corrected chi connectivity index (χ1v) is 5.38. The molecule has 0 spiro atoms. The summed E-state index contributed by atoms with van der Waals surface area (Å²) in [6.07, 6.45) is 0.565. The predicted octanol–water partition coefficient (Wildman–Crippen LogP) is -0.574. The summed E-state index contributed by atoms with van der Waals surface area (Å²) < 4.78 is 20.8. The summed E-state index contributed by atoms with van der Waals surface area (Å²) in [6.45, 7) is 4.02. The molecule has 2 heterocycles. The highest BCUT2D eigenvalue weighted by Gasteiger charge is 2.24. The Morgan fingerprint density at radius 2 is 1.53 bits per heavy atom. The minimum atomic E-state index is 0.0579. The van der Waals surface area contributed by atoms with Crippen LogP contribution in [0.4, 0.5) is 0 Å². The third-order valence-electron chi connectivity index (χ3n) is 2.38. The van der Waals surface area contributed by atoms with Crippen molar-refractivity contribution in [2.45, 2.75) is 12.2 Å². The van der Waals surface area contributed by atoms with E-state index in [0.717, 1.165) is 13.2 Å². The van der Waals surface area contributed by atoms with E-state index in [0.29, 0.717) is 26.4 Å². The molecule has 2 aliphatic heterocycles. The van der Waals surface area contributed by atoms with E-state index in [1.807, 2.05) is 0 Å². The van der Waals surface area contributed by atoms with Crippen LogP contribution in [-0.2, 0) is 18.9 Å². The molecule has 0 bridgehead atoms. The van der Waals surface area contributed by atoms with Crippen molar-refractivity contribution in [3.63, 3.8) is 0 Å². The van der Waals surface area contributed by atoms with Gasteiger partial charge in [0.25, 0.3) is 0 Å². The monoisotopic (exact) mass is 218 g/mol. The zero-order chi connectivity index (χ0) is 10.5. The van der Waals surface area contributed by atoms with E-state index in [1.165, 1.54) is 0 Å². The molecule has 0 amide bonds. The van der Waals surface area contributed by atoms with Crippen LogP contribution < -0.4 is 0 Å². The quantitative estimate of drug-likeness (QED) is 0.525. The SMILES string of the molecule is OCC(COCC1CO1)COCC1CO1. The molecule has 0 saturated carbocycles. The maximum absolute atomic E-state index is 9.07. The van der Waals surface area contributed by atoms with E-state index in [-0.39, 0.29) is 24.7 Å². The van der Waals surface area contributed by atoms with Crippen LogP contribution in [0, 0.1) is 5.92 Å². The molecule has 0 aliphatic carbocycles. The smallest absolute Gasteiger partial charge is 0.104 e. The van der Waals surface area contributed by atoms with Gasteiger partial charge in [-0.2, -0.15) is 0 Å². The van der Waals surface area contributed by atoms with Gasteiger partial charge in [-0.3, -0.25) is 0 Å². The summed E-state index contributed by atoms with van der Waals surface area (Å²) in [5.41, 5.74) is 0. The van der Waals surface area contributed by atoms with Gasteiger partial charge in [-0.25, -0.2) is 0 Å². The summed E-state index contributed by atoms with van der Waals surface area (Å²) in [4.78, 5) is 0. The Morgan fingerprint density at radius 1 is 1.07 bits per heavy atom. The van der Waals surface area contributed by atoms with Crippen molar-refractivity contribution in [1.29, 1.82) is 0 Å². The molecule has 0 aromatic rings. The average molecular weight is 218 g/mol. The molecule has 2 unspecified atom stereocenters. The van der Waals surface area contributed by atoms with Crippen molar-refractivity contribution < 1.29 is 24.1 Å². The first kappa shape index (κ1) is 11.3. The van der Waals surface area contributed by atoms with Gasteiger partial charge in [0.1, 0.15) is 12.2 Å². The van der Waals surface area contributed by atoms with E-state index in [1.54, 1.807) is 0 Å². The maximum Gasteiger partial charge on any atom is 0.104 e. The molecule has 1 N–H and O–H groups in total. The van der Waals surface area contributed by atoms with Crippen molar-refractivity contribution in [2.75, 3.05) is 46.2 Å². The number of hydrogen-bond acceptors (Lipinski definition) is 5. The fourth-order valence-electron chi connectivity index (χ4n) is 1.21. The van der Waals surface area contributed by atoms with Gasteiger partial charge < -0.3 is 24.1 Å². The molecule has 2 atom stereocenters. The molecule has 0 aromatic carbocycles. The Hall–Kier alpha value is -0.200. The molecule has 2 rings (SSSR count). The highest BCUT2D eigenvalue weighted by Crippen LogP contribution is 2.11. The van der Waals surface area contributed by atoms with Crippen molar-refractivity contribution in [2.24, 2.45) is 5.92 Å². The number of aliphatic hydroxyl groups excluding tert-OH is 1. The second kappa shape index (κ2) is 5.77. The minimum Gasteiger partial charge on any atom is -0.396 e. The van der Waals surface area contributed by atoms with Gasteiger partial charge in [-0.1, -0.05) is 0 Å². The van der Waals surface area contributed by atoms with Gasteiger partial charge in [-0.05, 0) is 0 Å². The first-order chi connectivity index (χ1) is 7.38. The summed E-state index contributed by atoms with van der Waals surface area (Å²) in [6, 6.07) is 0. The molecular weight excluding hydrogens is 200 g/mol. The Kier molecular flexibility index (Phi) is 4.34. The van der Waals surface area contributed by atoms with Gasteiger partial charge in [0.05, 0.1) is 46.2 Å². The van der Waals surface area contributed by atoms with Crippen LogP contribution in [0.15, 0.2) is 0 Å². The van der Waals surface area contributed by atoms with Crippen LogP contribution in [0.2, 0.25) is 0 Å². The van der Waals surface area contributed by atoms with Crippen LogP contribution in [-0.4, -0.2) is 63.6 Å². The number of ether oxygens (including phenoxy) is 4. The summed E-state index contributed by atoms with van der Waals surface area (Å²) in [5, 5.41) is 9.07. The lowest BCUT2D eigenvalue weighted by molar-refractivity contribution is 0.00878. The second-order valence-corrected chi connectivity index (χ2v) is 4.03. The van der Waals surface area contributed by atoms with Crippen molar-refractivity contribution in [3.05, 3.63) is 0 Å². The number of epoxide rings is 2. The van der Waals surface area contributed by atoms with Crippen LogP contribution in [0.3, 0.4) is 0 Å². The molecule has 2 fully saturated rings. The third kappa shape index (κ3) is 4.90. The van der Waals surface area contributed by atoms with Crippen LogP contribution in [0.25, 0.3) is 0 Å². The van der Waals surface area contributed by atoms with Gasteiger partial charge in [-0.15, -0.1) is 0 Å². The topological polar surface area (TPSA) is 63.8 Å². The molecular formula is C10H18O5. The maximum atomic E-state index is 9.07. The molecule has 0 radical (unpaired) electrons. The van der Waals surface area contributed by atoms with Crippen molar-refractivity contribution >= 4 is 0 Å². The fraction of sp³-hybridized carbons (Fsp3) is 1.00. The molecule has 5 nitrogen and oxygen atoms in total. The standard InChI is InChI=1S/C10H18O5/c11-1-8(2-12-4-9-6-14-9)3-13-5-10-7-15-10/h8-11H,1-7H2. The lowest BCUT2D eigenvalue weighted by atomic mass is 10.2. The fourth-order valence-corrected chi connectivity index (χ4v) is 1.21. The summed E-state index contributed by atoms with van der Waals surface area (Å²) >= 11 is 0. The number of aliphatic hydroxyl groups is 1. The Morgan fingerprint density at radius 3 is 1.87 bits per heavy atom. The van der Waals surface area contributed by atoms with Gasteiger partial charge in [0.15, 0.2) is 0 Å². The van der Waals surface area contributed by atoms with Gasteiger partial charge in [0, 0.05) is 5.92 Å². The predicted molar refractivity (Wildman–Crippen MR) is 51.7 cm³/mol. The van der Waals surface area contributed by atoms with Crippen LogP contribution >= 0.6 is 0 Å². The van der Waals surface area contributed by atoms with E-state index < -0.39 is 0 Å². The van der Waals surface area contributed by atoms with E-state index in [2.05, 4.69) is 0 Å². The first-order valence-electron chi connectivity index (χ1n) is 5.38. The molecule has 5 heteroatoms. The second-order valence-electron chi connectivity index (χ2n) is 4.03. The third-order valence-corrected chi connectivity index (χ3v) is 2.38.